The lowest BCUT2D eigenvalue weighted by Gasteiger charge is -2.16. The van der Waals surface area contributed by atoms with Gasteiger partial charge in [-0.2, -0.15) is 0 Å². The molecule has 5 nitrogen and oxygen atoms in total. The van der Waals surface area contributed by atoms with Crippen LogP contribution in [0.4, 0.5) is 0 Å². The number of para-hydroxylation sites is 1. The molecule has 0 saturated carbocycles. The summed E-state index contributed by atoms with van der Waals surface area (Å²) in [6, 6.07) is 27.2. The lowest BCUT2D eigenvalue weighted by Crippen LogP contribution is -2.42. The number of carboxylic acids is 1. The second-order valence-corrected chi connectivity index (χ2v) is 7.97. The van der Waals surface area contributed by atoms with Gasteiger partial charge in [0.2, 0.25) is 0 Å². The van der Waals surface area contributed by atoms with E-state index in [2.05, 4.69) is 10.3 Å². The van der Waals surface area contributed by atoms with Crippen LogP contribution in [0.5, 0.6) is 0 Å². The number of aliphatic carboxylic acids is 1. The minimum atomic E-state index is -1.08. The number of benzene rings is 3. The highest BCUT2D eigenvalue weighted by molar-refractivity contribution is 7.99. The van der Waals surface area contributed by atoms with E-state index in [1.807, 2.05) is 78.9 Å². The van der Waals surface area contributed by atoms with Gasteiger partial charge in [0.1, 0.15) is 6.04 Å². The summed E-state index contributed by atoms with van der Waals surface area (Å²) < 4.78 is 0. The normalized spacial score (nSPS) is 11.7. The van der Waals surface area contributed by atoms with Gasteiger partial charge in [-0.3, -0.25) is 4.79 Å². The molecular weight excluding hydrogens is 408 g/mol. The molecule has 154 valence electrons. The van der Waals surface area contributed by atoms with Crippen molar-refractivity contribution < 1.29 is 14.7 Å². The van der Waals surface area contributed by atoms with Crippen molar-refractivity contribution in [2.24, 2.45) is 0 Å². The van der Waals surface area contributed by atoms with Crippen LogP contribution in [0.3, 0.4) is 0 Å². The lowest BCUT2D eigenvalue weighted by atomic mass is 9.99. The number of amides is 1. The van der Waals surface area contributed by atoms with Gasteiger partial charge in [0, 0.05) is 16.7 Å². The molecule has 0 bridgehead atoms. The number of hydrogen-bond acceptors (Lipinski definition) is 4. The highest BCUT2D eigenvalue weighted by Crippen LogP contribution is 2.24. The first-order valence-corrected chi connectivity index (χ1v) is 10.8. The summed E-state index contributed by atoms with van der Waals surface area (Å²) in [5.41, 5.74) is 2.94. The Labute approximate surface area is 184 Å². The number of thioether (sulfide) groups is 1. The van der Waals surface area contributed by atoms with Gasteiger partial charge in [-0.15, -0.1) is 11.8 Å². The van der Waals surface area contributed by atoms with Crippen LogP contribution in [-0.4, -0.2) is 33.8 Å². The van der Waals surface area contributed by atoms with E-state index in [9.17, 15) is 14.7 Å². The number of rotatable bonds is 7. The molecule has 3 aromatic carbocycles. The molecule has 0 fully saturated rings. The monoisotopic (exact) mass is 428 g/mol. The fourth-order valence-corrected chi connectivity index (χ4v) is 4.15. The molecule has 4 rings (SSSR count). The van der Waals surface area contributed by atoms with Crippen molar-refractivity contribution in [3.05, 3.63) is 96.6 Å². The fraction of sp³-hybridized carbons (Fsp3) is 0.0800. The van der Waals surface area contributed by atoms with Gasteiger partial charge in [0.25, 0.3) is 5.91 Å². The van der Waals surface area contributed by atoms with Crippen molar-refractivity contribution in [1.29, 1.82) is 0 Å². The van der Waals surface area contributed by atoms with E-state index in [1.165, 1.54) is 11.8 Å². The second kappa shape index (κ2) is 9.45. The van der Waals surface area contributed by atoms with Crippen molar-refractivity contribution in [3.63, 3.8) is 0 Å². The van der Waals surface area contributed by atoms with Gasteiger partial charge >= 0.3 is 5.97 Å². The molecule has 0 aliphatic heterocycles. The van der Waals surface area contributed by atoms with Crippen molar-refractivity contribution in [3.8, 4) is 11.1 Å². The summed E-state index contributed by atoms with van der Waals surface area (Å²) in [6.07, 6.45) is 0. The van der Waals surface area contributed by atoms with Gasteiger partial charge in [0.05, 0.1) is 10.5 Å². The molecule has 0 aliphatic carbocycles. The van der Waals surface area contributed by atoms with Crippen LogP contribution in [0, 0.1) is 0 Å². The van der Waals surface area contributed by atoms with E-state index in [-0.39, 0.29) is 5.75 Å². The number of aromatic nitrogens is 1. The van der Waals surface area contributed by atoms with E-state index >= 15 is 0 Å². The van der Waals surface area contributed by atoms with Crippen LogP contribution < -0.4 is 5.32 Å². The Morgan fingerprint density at radius 1 is 0.871 bits per heavy atom. The Hall–Kier alpha value is -3.64. The van der Waals surface area contributed by atoms with Gasteiger partial charge in [-0.25, -0.2) is 9.78 Å². The van der Waals surface area contributed by atoms with Gasteiger partial charge in [-0.1, -0.05) is 72.8 Å². The first kappa shape index (κ1) is 20.6. The molecule has 1 heterocycles. The molecular formula is C25H20N2O3S. The number of pyridine rings is 1. The van der Waals surface area contributed by atoms with Crippen molar-refractivity contribution in [2.75, 3.05) is 5.75 Å². The second-order valence-electron chi connectivity index (χ2n) is 6.93. The first-order chi connectivity index (χ1) is 15.1. The van der Waals surface area contributed by atoms with Crippen molar-refractivity contribution in [1.82, 2.24) is 10.3 Å². The summed E-state index contributed by atoms with van der Waals surface area (Å²) >= 11 is 1.30. The summed E-state index contributed by atoms with van der Waals surface area (Å²) in [5.74, 6) is -1.34. The number of carbonyl (C=O) groups excluding carboxylic acids is 1. The summed E-state index contributed by atoms with van der Waals surface area (Å²) in [5, 5.41) is 14.1. The van der Waals surface area contributed by atoms with E-state index in [1.54, 1.807) is 12.1 Å². The average molecular weight is 429 g/mol. The van der Waals surface area contributed by atoms with Crippen molar-refractivity contribution in [2.45, 2.75) is 11.1 Å². The highest BCUT2D eigenvalue weighted by Gasteiger charge is 2.22. The zero-order valence-corrected chi connectivity index (χ0v) is 17.4. The van der Waals surface area contributed by atoms with E-state index in [0.717, 1.165) is 22.0 Å². The van der Waals surface area contributed by atoms with Crippen LogP contribution in [0.2, 0.25) is 0 Å². The Morgan fingerprint density at radius 3 is 2.39 bits per heavy atom. The van der Waals surface area contributed by atoms with Crippen LogP contribution in [-0.2, 0) is 4.79 Å². The van der Waals surface area contributed by atoms with E-state index in [0.29, 0.717) is 10.6 Å². The molecule has 6 heteroatoms. The minimum absolute atomic E-state index is 0.167. The molecule has 1 amide bonds. The standard InChI is InChI=1S/C25H20N2O3S/c28-24(20-12-6-5-11-19(20)17-8-2-1-3-9-17)27-22(25(29)30)16-31-23-15-14-18-10-4-7-13-21(18)26-23/h1-15,22H,16H2,(H,27,28)(H,29,30)/t22-/m0/s1. The third-order valence-corrected chi connectivity index (χ3v) is 5.85. The number of hydrogen-bond donors (Lipinski definition) is 2. The Bertz CT molecular complexity index is 1230. The quantitative estimate of drug-likeness (QED) is 0.410. The summed E-state index contributed by atoms with van der Waals surface area (Å²) in [4.78, 5) is 29.3. The number of carbonyl (C=O) groups is 2. The number of nitrogens with zero attached hydrogens (tertiary/aromatic N) is 1. The number of fused-ring (bicyclic) bond motifs is 1. The maximum Gasteiger partial charge on any atom is 0.327 e. The van der Waals surface area contributed by atoms with Crippen LogP contribution in [0.25, 0.3) is 22.0 Å². The smallest absolute Gasteiger partial charge is 0.327 e. The largest absolute Gasteiger partial charge is 0.480 e. The van der Waals surface area contributed by atoms with Crippen LogP contribution in [0.1, 0.15) is 10.4 Å². The molecule has 0 unspecified atom stereocenters. The molecule has 0 radical (unpaired) electrons. The highest BCUT2D eigenvalue weighted by atomic mass is 32.2. The minimum Gasteiger partial charge on any atom is -0.480 e. The topological polar surface area (TPSA) is 79.3 Å². The Balaban J connectivity index is 1.50. The molecule has 0 aliphatic rings. The number of nitrogens with one attached hydrogen (secondary N) is 1. The molecule has 0 saturated heterocycles. The fourth-order valence-electron chi connectivity index (χ4n) is 3.26. The molecule has 31 heavy (non-hydrogen) atoms. The Kier molecular flexibility index (Phi) is 6.29. The van der Waals surface area contributed by atoms with E-state index < -0.39 is 17.9 Å². The molecule has 1 aromatic heterocycles. The van der Waals surface area contributed by atoms with Crippen LogP contribution in [0.15, 0.2) is 96.0 Å². The van der Waals surface area contributed by atoms with Gasteiger partial charge < -0.3 is 10.4 Å². The van der Waals surface area contributed by atoms with E-state index in [4.69, 9.17) is 0 Å². The molecule has 1 atom stereocenters. The third kappa shape index (κ3) is 4.92. The third-order valence-electron chi connectivity index (χ3n) is 4.83. The molecule has 0 spiro atoms. The molecule has 4 aromatic rings. The lowest BCUT2D eigenvalue weighted by molar-refractivity contribution is -0.138. The van der Waals surface area contributed by atoms with Crippen molar-refractivity contribution >= 4 is 34.5 Å². The maximum atomic E-state index is 12.9. The number of carboxylic acid groups (broad SMARTS) is 1. The maximum absolute atomic E-state index is 12.9. The predicted molar refractivity (Wildman–Crippen MR) is 123 cm³/mol. The Morgan fingerprint density at radius 2 is 1.58 bits per heavy atom. The van der Waals surface area contributed by atoms with Crippen LogP contribution >= 0.6 is 11.8 Å². The predicted octanol–water partition coefficient (Wildman–Crippen LogP) is 4.88. The molecule has 2 N–H and O–H groups in total. The van der Waals surface area contributed by atoms with Gasteiger partial charge in [-0.05, 0) is 29.3 Å². The SMILES string of the molecule is O=C(N[C@@H](CSc1ccc2ccccc2n1)C(=O)O)c1ccccc1-c1ccccc1. The van der Waals surface area contributed by atoms with Gasteiger partial charge in [0.15, 0.2) is 0 Å². The zero-order chi connectivity index (χ0) is 21.6. The average Bonchev–Trinajstić information content (AvgIpc) is 2.82. The zero-order valence-electron chi connectivity index (χ0n) is 16.6. The first-order valence-electron chi connectivity index (χ1n) is 9.78. The summed E-state index contributed by atoms with van der Waals surface area (Å²) in [6.45, 7) is 0. The summed E-state index contributed by atoms with van der Waals surface area (Å²) in [7, 11) is 0.